The van der Waals surface area contributed by atoms with E-state index in [-0.39, 0.29) is 17.0 Å². The highest BCUT2D eigenvalue weighted by atomic mass is 32.2. The van der Waals surface area contributed by atoms with Gasteiger partial charge in [0.15, 0.2) is 4.90 Å². The first kappa shape index (κ1) is 14.6. The van der Waals surface area contributed by atoms with E-state index in [2.05, 4.69) is 0 Å². The first-order valence-electron chi connectivity index (χ1n) is 6.42. The molecule has 1 aliphatic rings. The van der Waals surface area contributed by atoms with Gasteiger partial charge in [0.05, 0.1) is 11.0 Å². The van der Waals surface area contributed by atoms with Crippen molar-refractivity contribution >= 4 is 15.7 Å². The standard InChI is InChI=1S/C14H11FN2O4S/c15-11-6-2-1-5-10(11)13-9-16(13)22(20,21)14-8-4-3-7-12(14)17(18)19/h1-8,13H,9H2. The maximum absolute atomic E-state index is 13.7. The van der Waals surface area contributed by atoms with Crippen molar-refractivity contribution in [2.45, 2.75) is 10.9 Å². The maximum atomic E-state index is 13.7. The number of nitro groups is 1. The van der Waals surface area contributed by atoms with E-state index in [9.17, 15) is 22.9 Å². The Hall–Kier alpha value is -2.32. The molecule has 0 aromatic heterocycles. The third-order valence-electron chi connectivity index (χ3n) is 3.48. The van der Waals surface area contributed by atoms with Gasteiger partial charge in [-0.25, -0.2) is 12.8 Å². The van der Waals surface area contributed by atoms with Crippen LogP contribution in [0.3, 0.4) is 0 Å². The van der Waals surface area contributed by atoms with Gasteiger partial charge in [-0.15, -0.1) is 0 Å². The van der Waals surface area contributed by atoms with Crippen molar-refractivity contribution in [1.29, 1.82) is 0 Å². The minimum atomic E-state index is -4.03. The number of nitro benzene ring substituents is 1. The number of hydrogen-bond donors (Lipinski definition) is 0. The topological polar surface area (TPSA) is 80.3 Å². The lowest BCUT2D eigenvalue weighted by atomic mass is 10.1. The van der Waals surface area contributed by atoms with E-state index in [1.54, 1.807) is 6.07 Å². The van der Waals surface area contributed by atoms with Gasteiger partial charge in [-0.3, -0.25) is 10.1 Å². The van der Waals surface area contributed by atoms with E-state index >= 15 is 0 Å². The highest BCUT2D eigenvalue weighted by Gasteiger charge is 2.48. The third-order valence-corrected chi connectivity index (χ3v) is 5.40. The average molecular weight is 322 g/mol. The van der Waals surface area contributed by atoms with Gasteiger partial charge in [-0.2, -0.15) is 4.31 Å². The Kier molecular flexibility index (Phi) is 3.42. The number of para-hydroxylation sites is 1. The van der Waals surface area contributed by atoms with Crippen LogP contribution in [0.5, 0.6) is 0 Å². The lowest BCUT2D eigenvalue weighted by Crippen LogP contribution is -2.14. The highest BCUT2D eigenvalue weighted by molar-refractivity contribution is 7.89. The van der Waals surface area contributed by atoms with Crippen molar-refractivity contribution < 1.29 is 17.7 Å². The van der Waals surface area contributed by atoms with Crippen LogP contribution in [0, 0.1) is 15.9 Å². The molecule has 0 bridgehead atoms. The minimum Gasteiger partial charge on any atom is -0.258 e. The number of halogens is 1. The van der Waals surface area contributed by atoms with Crippen LogP contribution in [0.4, 0.5) is 10.1 Å². The molecule has 3 rings (SSSR count). The van der Waals surface area contributed by atoms with Gasteiger partial charge in [-0.05, 0) is 12.1 Å². The highest BCUT2D eigenvalue weighted by Crippen LogP contribution is 2.42. The normalized spacial score (nSPS) is 20.6. The molecule has 8 heteroatoms. The summed E-state index contributed by atoms with van der Waals surface area (Å²) in [7, 11) is -4.03. The molecule has 2 aromatic carbocycles. The quantitative estimate of drug-likeness (QED) is 0.492. The van der Waals surface area contributed by atoms with Gasteiger partial charge < -0.3 is 0 Å². The lowest BCUT2D eigenvalue weighted by Gasteiger charge is -2.07. The Labute approximate surface area is 126 Å². The average Bonchev–Trinajstić information content (AvgIpc) is 3.29. The number of hydrogen-bond acceptors (Lipinski definition) is 4. The molecule has 22 heavy (non-hydrogen) atoms. The molecule has 6 nitrogen and oxygen atoms in total. The Bertz CT molecular complexity index is 853. The monoisotopic (exact) mass is 322 g/mol. The van der Waals surface area contributed by atoms with Gasteiger partial charge in [0, 0.05) is 18.2 Å². The van der Waals surface area contributed by atoms with Crippen molar-refractivity contribution in [3.63, 3.8) is 0 Å². The molecule has 0 aliphatic carbocycles. The molecule has 114 valence electrons. The van der Waals surface area contributed by atoms with E-state index in [1.165, 1.54) is 36.4 Å². The number of sulfonamides is 1. The van der Waals surface area contributed by atoms with Crippen molar-refractivity contribution in [1.82, 2.24) is 4.31 Å². The molecular formula is C14H11FN2O4S. The summed E-state index contributed by atoms with van der Waals surface area (Å²) in [5.41, 5.74) is -0.216. The lowest BCUT2D eigenvalue weighted by molar-refractivity contribution is -0.387. The molecule has 1 fully saturated rings. The summed E-state index contributed by atoms with van der Waals surface area (Å²) in [6, 6.07) is 10.4. The van der Waals surface area contributed by atoms with Crippen LogP contribution in [0.25, 0.3) is 0 Å². The van der Waals surface area contributed by atoms with E-state index in [0.717, 1.165) is 10.4 Å². The minimum absolute atomic E-state index is 0.106. The Morgan fingerprint density at radius 3 is 2.45 bits per heavy atom. The van der Waals surface area contributed by atoms with Crippen molar-refractivity contribution in [3.05, 3.63) is 70.0 Å². The third kappa shape index (κ3) is 2.36. The smallest absolute Gasteiger partial charge is 0.258 e. The fourth-order valence-corrected chi connectivity index (χ4v) is 4.04. The second-order valence-corrected chi connectivity index (χ2v) is 6.70. The molecule has 0 saturated carbocycles. The van der Waals surface area contributed by atoms with Crippen molar-refractivity contribution in [2.75, 3.05) is 6.54 Å². The molecule has 0 amide bonds. The summed E-state index contributed by atoms with van der Waals surface area (Å²) >= 11 is 0. The van der Waals surface area contributed by atoms with E-state index in [0.29, 0.717) is 0 Å². The zero-order valence-corrected chi connectivity index (χ0v) is 12.0. The van der Waals surface area contributed by atoms with Gasteiger partial charge >= 0.3 is 0 Å². The summed E-state index contributed by atoms with van der Waals surface area (Å²) in [5, 5.41) is 11.0. The summed E-state index contributed by atoms with van der Waals surface area (Å²) in [6.07, 6.45) is 0. The van der Waals surface area contributed by atoms with Gasteiger partial charge in [0.1, 0.15) is 5.82 Å². The summed E-state index contributed by atoms with van der Waals surface area (Å²) in [6.45, 7) is 0.106. The van der Waals surface area contributed by atoms with Crippen molar-refractivity contribution in [3.8, 4) is 0 Å². The van der Waals surface area contributed by atoms with Gasteiger partial charge in [-0.1, -0.05) is 30.3 Å². The van der Waals surface area contributed by atoms with Crippen molar-refractivity contribution in [2.24, 2.45) is 0 Å². The van der Waals surface area contributed by atoms with Crippen LogP contribution in [0.15, 0.2) is 53.4 Å². The van der Waals surface area contributed by atoms with Crippen LogP contribution in [0.2, 0.25) is 0 Å². The molecule has 0 N–H and O–H groups in total. The first-order valence-corrected chi connectivity index (χ1v) is 7.86. The van der Waals surface area contributed by atoms with E-state index in [4.69, 9.17) is 0 Å². The fraction of sp³-hybridized carbons (Fsp3) is 0.143. The number of nitrogens with zero attached hydrogens (tertiary/aromatic N) is 2. The molecule has 0 spiro atoms. The maximum Gasteiger partial charge on any atom is 0.289 e. The molecule has 2 unspecified atom stereocenters. The molecule has 1 saturated heterocycles. The Balaban J connectivity index is 1.97. The SMILES string of the molecule is O=[N+]([O-])c1ccccc1S(=O)(=O)N1CC1c1ccccc1F. The number of benzene rings is 2. The first-order chi connectivity index (χ1) is 10.4. The predicted octanol–water partition coefficient (Wildman–Crippen LogP) is 2.48. The molecule has 1 heterocycles. The molecule has 2 aromatic rings. The summed E-state index contributed by atoms with van der Waals surface area (Å²) in [4.78, 5) is 9.86. The van der Waals surface area contributed by atoms with Crippen LogP contribution in [-0.4, -0.2) is 24.2 Å². The Morgan fingerprint density at radius 2 is 1.77 bits per heavy atom. The largest absolute Gasteiger partial charge is 0.289 e. The van der Waals surface area contributed by atoms with Gasteiger partial charge in [0.2, 0.25) is 0 Å². The van der Waals surface area contributed by atoms with Crippen LogP contribution in [0.1, 0.15) is 11.6 Å². The summed E-state index contributed by atoms with van der Waals surface area (Å²) in [5.74, 6) is -0.493. The molecule has 1 aliphatic heterocycles. The predicted molar refractivity (Wildman–Crippen MR) is 76.1 cm³/mol. The fourth-order valence-electron chi connectivity index (χ4n) is 2.34. The molecule has 0 radical (unpaired) electrons. The van der Waals surface area contributed by atoms with E-state index in [1.807, 2.05) is 0 Å². The summed E-state index contributed by atoms with van der Waals surface area (Å²) < 4.78 is 39.8. The second kappa shape index (κ2) is 5.15. The zero-order chi connectivity index (χ0) is 15.9. The van der Waals surface area contributed by atoms with E-state index < -0.39 is 32.5 Å². The Morgan fingerprint density at radius 1 is 1.14 bits per heavy atom. The van der Waals surface area contributed by atoms with Gasteiger partial charge in [0.25, 0.3) is 15.7 Å². The van der Waals surface area contributed by atoms with Crippen LogP contribution >= 0.6 is 0 Å². The van der Waals surface area contributed by atoms with Crippen LogP contribution < -0.4 is 0 Å². The second-order valence-electron chi connectivity index (χ2n) is 4.84. The van der Waals surface area contributed by atoms with Crippen LogP contribution in [-0.2, 0) is 10.0 Å². The molecule has 2 atom stereocenters. The number of rotatable bonds is 4. The zero-order valence-electron chi connectivity index (χ0n) is 11.2. The molecular weight excluding hydrogens is 311 g/mol.